The lowest BCUT2D eigenvalue weighted by Crippen LogP contribution is -2.61. The molecule has 1 unspecified atom stereocenters. The van der Waals surface area contributed by atoms with Gasteiger partial charge in [-0.05, 0) is 44.1 Å². The van der Waals surface area contributed by atoms with Gasteiger partial charge in [0.15, 0.2) is 0 Å². The van der Waals surface area contributed by atoms with Crippen molar-refractivity contribution in [2.24, 2.45) is 23.5 Å². The number of aliphatic hydroxyl groups excluding tert-OH is 1. The zero-order valence-corrected chi connectivity index (χ0v) is 33.4. The largest absolute Gasteiger partial charge is 0.460 e. The monoisotopic (exact) mass is 755 g/mol. The maximum atomic E-state index is 14.1. The summed E-state index contributed by atoms with van der Waals surface area (Å²) in [6, 6.07) is -4.85. The van der Waals surface area contributed by atoms with Crippen molar-refractivity contribution in [1.29, 1.82) is 0 Å². The molecule has 1 heterocycles. The van der Waals surface area contributed by atoms with E-state index in [-0.39, 0.29) is 25.0 Å². The summed E-state index contributed by atoms with van der Waals surface area (Å²) in [7, 11) is 1.53. The number of ether oxygens (including phenoxy) is 2. The van der Waals surface area contributed by atoms with Gasteiger partial charge in [-0.1, -0.05) is 92.9 Å². The second-order valence-electron chi connectivity index (χ2n) is 14.8. The van der Waals surface area contributed by atoms with E-state index in [1.165, 1.54) is 31.2 Å². The molecule has 0 saturated carbocycles. The van der Waals surface area contributed by atoms with E-state index in [1.807, 2.05) is 20.8 Å². The van der Waals surface area contributed by atoms with Crippen LogP contribution in [-0.2, 0) is 38.2 Å². The fourth-order valence-electron chi connectivity index (χ4n) is 6.15. The summed E-state index contributed by atoms with van der Waals surface area (Å²) in [4.78, 5) is 82.9. The highest BCUT2D eigenvalue weighted by Gasteiger charge is 2.38. The maximum Gasteiger partial charge on any atom is 0.325 e. The summed E-state index contributed by atoms with van der Waals surface area (Å²) in [5.41, 5.74) is 5.55. The molecule has 0 spiro atoms. The van der Waals surface area contributed by atoms with Crippen LogP contribution in [0.15, 0.2) is 0 Å². The minimum Gasteiger partial charge on any atom is -0.460 e. The lowest BCUT2D eigenvalue weighted by atomic mass is 9.94. The first-order valence-corrected chi connectivity index (χ1v) is 19.8. The Bertz CT molecular complexity index is 1140. The van der Waals surface area contributed by atoms with Crippen LogP contribution in [0.1, 0.15) is 119 Å². The van der Waals surface area contributed by atoms with Crippen LogP contribution in [0.5, 0.6) is 0 Å². The number of hydrogen-bond donors (Lipinski definition) is 6. The lowest BCUT2D eigenvalue weighted by Gasteiger charge is -2.34. The Labute approximate surface area is 317 Å². The zero-order chi connectivity index (χ0) is 39.9. The van der Waals surface area contributed by atoms with Crippen molar-refractivity contribution >= 4 is 35.5 Å². The predicted molar refractivity (Wildman–Crippen MR) is 202 cm³/mol. The quantitative estimate of drug-likeness (QED) is 0.0832. The Morgan fingerprint density at radius 3 is 2.06 bits per heavy atom. The first kappa shape index (κ1) is 47.7. The normalized spacial score (nSPS) is 25.1. The zero-order valence-electron chi connectivity index (χ0n) is 33.4. The van der Waals surface area contributed by atoms with Crippen LogP contribution in [0.2, 0.25) is 0 Å². The molecule has 0 aromatic heterocycles. The van der Waals surface area contributed by atoms with E-state index in [0.29, 0.717) is 38.6 Å². The first-order valence-electron chi connectivity index (χ1n) is 19.8. The SMILES string of the molecule is CCCCCCCCCC[C@H]1OC(=O)CNC(=O)[C@H](COCCCN)NC(=O)[C@H](CO)NC(=O)[C@H](C(C)CC)NC(=O)[C@H](CC(C)C)N(C)C(=O)[C@@H]1C. The molecular weight excluding hydrogens is 684 g/mol. The molecular formula is C38H70N6O9. The van der Waals surface area contributed by atoms with E-state index < -0.39 is 84.8 Å². The molecule has 0 aliphatic carbocycles. The van der Waals surface area contributed by atoms with E-state index in [2.05, 4.69) is 28.2 Å². The molecule has 15 heteroatoms. The summed E-state index contributed by atoms with van der Waals surface area (Å²) in [6.45, 7) is 10.2. The predicted octanol–water partition coefficient (Wildman–Crippen LogP) is 1.93. The second kappa shape index (κ2) is 26.5. The van der Waals surface area contributed by atoms with Crippen molar-refractivity contribution in [2.75, 3.05) is 40.0 Å². The third kappa shape index (κ3) is 17.6. The standard InChI is InChI=1S/C38H70N6O9/c1-8-10-11-12-13-14-15-16-18-31-27(6)38(51)44(7)30(21-25(3)4)36(49)43-33(26(5)9-2)37(50)41-28(23-45)35(48)42-29(24-52-20-17-19-39)34(47)40-22-32(46)53-31/h25-31,33,45H,8-24,39H2,1-7H3,(H,40,47)(H,41,50)(H,42,48)(H,43,49)/t26?,27-,28+,29+,30+,31-,33+/m1/s1. The van der Waals surface area contributed by atoms with Gasteiger partial charge in [0.25, 0.3) is 0 Å². The highest BCUT2D eigenvalue weighted by molar-refractivity contribution is 5.96. The van der Waals surface area contributed by atoms with Gasteiger partial charge < -0.3 is 46.5 Å². The smallest absolute Gasteiger partial charge is 0.325 e. The van der Waals surface area contributed by atoms with Crippen molar-refractivity contribution in [1.82, 2.24) is 26.2 Å². The van der Waals surface area contributed by atoms with E-state index in [9.17, 15) is 33.9 Å². The number of nitrogens with one attached hydrogen (secondary N) is 4. The van der Waals surface area contributed by atoms with Crippen molar-refractivity contribution < 1.29 is 43.3 Å². The molecule has 1 aliphatic rings. The summed E-state index contributed by atoms with van der Waals surface area (Å²) in [5.74, 6) is -5.28. The van der Waals surface area contributed by atoms with Crippen molar-refractivity contribution in [2.45, 2.75) is 149 Å². The number of unbranched alkanes of at least 4 members (excludes halogenated alkanes) is 7. The van der Waals surface area contributed by atoms with Gasteiger partial charge in [0.05, 0.1) is 19.1 Å². The molecule has 7 N–H and O–H groups in total. The van der Waals surface area contributed by atoms with Gasteiger partial charge in [0.1, 0.15) is 36.8 Å². The fourth-order valence-corrected chi connectivity index (χ4v) is 6.15. The van der Waals surface area contributed by atoms with Gasteiger partial charge in [-0.3, -0.25) is 28.8 Å². The number of nitrogens with zero attached hydrogens (tertiary/aromatic N) is 1. The van der Waals surface area contributed by atoms with Gasteiger partial charge in [-0.15, -0.1) is 0 Å². The number of aliphatic hydroxyl groups is 1. The van der Waals surface area contributed by atoms with Gasteiger partial charge in [0.2, 0.25) is 29.5 Å². The van der Waals surface area contributed by atoms with E-state index in [4.69, 9.17) is 15.2 Å². The Hall–Kier alpha value is -3.30. The molecule has 0 radical (unpaired) electrons. The molecule has 7 atom stereocenters. The number of nitrogens with two attached hydrogens (primary N) is 1. The van der Waals surface area contributed by atoms with E-state index in [0.717, 1.165) is 25.7 Å². The molecule has 0 bridgehead atoms. The number of cyclic esters (lactones) is 1. The minimum absolute atomic E-state index is 0.00181. The molecule has 53 heavy (non-hydrogen) atoms. The number of hydrogen-bond acceptors (Lipinski definition) is 10. The Morgan fingerprint density at radius 1 is 0.849 bits per heavy atom. The van der Waals surface area contributed by atoms with Gasteiger partial charge in [0, 0.05) is 13.7 Å². The fraction of sp³-hybridized carbons (Fsp3) is 0.842. The molecule has 1 rings (SSSR count). The lowest BCUT2D eigenvalue weighted by molar-refractivity contribution is -0.157. The van der Waals surface area contributed by atoms with Gasteiger partial charge in [-0.25, -0.2) is 0 Å². The topological polar surface area (TPSA) is 218 Å². The summed E-state index contributed by atoms with van der Waals surface area (Å²) >= 11 is 0. The summed E-state index contributed by atoms with van der Waals surface area (Å²) in [5, 5.41) is 20.4. The van der Waals surface area contributed by atoms with Gasteiger partial charge in [-0.2, -0.15) is 0 Å². The summed E-state index contributed by atoms with van der Waals surface area (Å²) in [6.07, 6.45) is 9.30. The van der Waals surface area contributed by atoms with Crippen LogP contribution in [-0.4, -0.2) is 116 Å². The molecule has 306 valence electrons. The number of carbonyl (C=O) groups excluding carboxylic acids is 6. The number of rotatable bonds is 19. The average Bonchev–Trinajstić information content (AvgIpc) is 3.13. The maximum absolute atomic E-state index is 14.1. The number of carbonyl (C=O) groups is 6. The van der Waals surface area contributed by atoms with Crippen LogP contribution in [0.3, 0.4) is 0 Å². The average molecular weight is 755 g/mol. The van der Waals surface area contributed by atoms with Crippen LogP contribution in [0.4, 0.5) is 0 Å². The van der Waals surface area contributed by atoms with Gasteiger partial charge >= 0.3 is 5.97 Å². The highest BCUT2D eigenvalue weighted by atomic mass is 16.5. The highest BCUT2D eigenvalue weighted by Crippen LogP contribution is 2.22. The molecule has 0 aromatic carbocycles. The molecule has 1 fully saturated rings. The van der Waals surface area contributed by atoms with Crippen molar-refractivity contribution in [3.05, 3.63) is 0 Å². The molecule has 15 nitrogen and oxygen atoms in total. The van der Waals surface area contributed by atoms with Crippen molar-refractivity contribution in [3.63, 3.8) is 0 Å². The summed E-state index contributed by atoms with van der Waals surface area (Å²) < 4.78 is 11.4. The van der Waals surface area contributed by atoms with E-state index in [1.54, 1.807) is 13.8 Å². The van der Waals surface area contributed by atoms with Crippen LogP contribution in [0, 0.1) is 17.8 Å². The second-order valence-corrected chi connectivity index (χ2v) is 14.8. The van der Waals surface area contributed by atoms with Crippen LogP contribution < -0.4 is 27.0 Å². The van der Waals surface area contributed by atoms with Crippen molar-refractivity contribution in [3.8, 4) is 0 Å². The first-order chi connectivity index (χ1) is 25.2. The third-order valence-electron chi connectivity index (χ3n) is 9.81. The Morgan fingerprint density at radius 2 is 1.47 bits per heavy atom. The molecule has 5 amide bonds. The molecule has 0 aromatic rings. The van der Waals surface area contributed by atoms with E-state index >= 15 is 0 Å². The molecule has 1 saturated heterocycles. The number of esters is 1. The number of amides is 5. The van der Waals surface area contributed by atoms with Crippen LogP contribution >= 0.6 is 0 Å². The Balaban J connectivity index is 3.52. The molecule has 1 aliphatic heterocycles. The van der Waals surface area contributed by atoms with Crippen LogP contribution in [0.25, 0.3) is 0 Å². The third-order valence-corrected chi connectivity index (χ3v) is 9.81. The minimum atomic E-state index is -1.48. The number of likely N-dealkylation sites (N-methyl/N-ethyl adjacent to an activating group) is 1. The Kier molecular flexibility index (Phi) is 23.8.